The maximum absolute atomic E-state index is 13.3. The largest absolute Gasteiger partial charge is 0.322 e. The van der Waals surface area contributed by atoms with Gasteiger partial charge in [0.15, 0.2) is 11.6 Å². The molecule has 0 atom stereocenters. The summed E-state index contributed by atoms with van der Waals surface area (Å²) in [5.41, 5.74) is 0.323. The van der Waals surface area contributed by atoms with E-state index in [1.807, 2.05) is 0 Å². The minimum Gasteiger partial charge on any atom is -0.322 e. The van der Waals surface area contributed by atoms with Gasteiger partial charge in [-0.15, -0.1) is 0 Å². The van der Waals surface area contributed by atoms with Crippen molar-refractivity contribution in [1.29, 1.82) is 0 Å². The van der Waals surface area contributed by atoms with Gasteiger partial charge in [-0.05, 0) is 42.5 Å². The summed E-state index contributed by atoms with van der Waals surface area (Å²) in [7, 11) is -4.06. The molecule has 3 aromatic carbocycles. The lowest BCUT2D eigenvalue weighted by Crippen LogP contribution is -2.16. The van der Waals surface area contributed by atoms with E-state index in [1.54, 1.807) is 30.3 Å². The number of nitrogens with one attached hydrogen (secondary N) is 2. The molecular weight excluding hydrogens is 410 g/mol. The lowest BCUT2D eigenvalue weighted by molar-refractivity contribution is 0.102. The third-order valence-corrected chi connectivity index (χ3v) is 5.55. The molecule has 3 aromatic rings. The van der Waals surface area contributed by atoms with Gasteiger partial charge in [0.2, 0.25) is 0 Å². The molecule has 0 aliphatic heterocycles. The number of carbonyl (C=O) groups is 1. The zero-order chi connectivity index (χ0) is 20.3. The summed E-state index contributed by atoms with van der Waals surface area (Å²) in [6.45, 7) is 0. The van der Waals surface area contributed by atoms with Gasteiger partial charge >= 0.3 is 0 Å². The molecule has 0 saturated heterocycles. The monoisotopic (exact) mass is 422 g/mol. The summed E-state index contributed by atoms with van der Waals surface area (Å²) in [6.07, 6.45) is 0. The molecule has 5 nitrogen and oxygen atoms in total. The van der Waals surface area contributed by atoms with Gasteiger partial charge in [-0.2, -0.15) is 0 Å². The van der Waals surface area contributed by atoms with E-state index in [2.05, 4.69) is 10.0 Å². The molecular formula is C19H13ClF2N2O3S. The Morgan fingerprint density at radius 1 is 0.857 bits per heavy atom. The quantitative estimate of drug-likeness (QED) is 0.627. The van der Waals surface area contributed by atoms with Crippen LogP contribution >= 0.6 is 11.6 Å². The summed E-state index contributed by atoms with van der Waals surface area (Å²) in [6, 6.07) is 14.7. The molecule has 0 unspecified atom stereocenters. The zero-order valence-corrected chi connectivity index (χ0v) is 15.7. The van der Waals surface area contributed by atoms with Crippen molar-refractivity contribution in [2.24, 2.45) is 0 Å². The Morgan fingerprint density at radius 2 is 1.57 bits per heavy atom. The summed E-state index contributed by atoms with van der Waals surface area (Å²) in [5, 5.41) is 2.29. The number of benzene rings is 3. The Kier molecular flexibility index (Phi) is 5.62. The number of carbonyl (C=O) groups excluding carboxylic acids is 1. The van der Waals surface area contributed by atoms with Crippen molar-refractivity contribution in [2.45, 2.75) is 4.90 Å². The molecule has 0 fully saturated rings. The van der Waals surface area contributed by atoms with Crippen molar-refractivity contribution >= 4 is 38.9 Å². The predicted molar refractivity (Wildman–Crippen MR) is 103 cm³/mol. The second-order valence-corrected chi connectivity index (χ2v) is 7.76. The molecule has 2 N–H and O–H groups in total. The molecule has 144 valence electrons. The van der Waals surface area contributed by atoms with Crippen molar-refractivity contribution in [1.82, 2.24) is 0 Å². The number of para-hydroxylation sites is 1. The van der Waals surface area contributed by atoms with Crippen molar-refractivity contribution in [3.05, 3.63) is 89.0 Å². The fraction of sp³-hybridized carbons (Fsp3) is 0. The van der Waals surface area contributed by atoms with E-state index in [0.717, 1.165) is 18.2 Å². The van der Waals surface area contributed by atoms with E-state index in [4.69, 9.17) is 11.6 Å². The van der Waals surface area contributed by atoms with Gasteiger partial charge in [-0.25, -0.2) is 17.2 Å². The van der Waals surface area contributed by atoms with E-state index in [0.29, 0.717) is 5.69 Å². The normalized spacial score (nSPS) is 11.1. The molecule has 0 bridgehead atoms. The molecule has 0 heterocycles. The molecule has 3 rings (SSSR count). The molecule has 1 amide bonds. The fourth-order valence-corrected chi connectivity index (χ4v) is 3.93. The smallest absolute Gasteiger partial charge is 0.263 e. The molecule has 9 heteroatoms. The first-order chi connectivity index (χ1) is 13.3. The van der Waals surface area contributed by atoms with Crippen LogP contribution in [0.2, 0.25) is 5.02 Å². The van der Waals surface area contributed by atoms with Crippen LogP contribution in [0.5, 0.6) is 0 Å². The number of rotatable bonds is 5. The van der Waals surface area contributed by atoms with Crippen LogP contribution in [0.25, 0.3) is 0 Å². The maximum Gasteiger partial charge on any atom is 0.263 e. The summed E-state index contributed by atoms with van der Waals surface area (Å²) in [5.74, 6) is -2.88. The van der Waals surface area contributed by atoms with Gasteiger partial charge in [-0.3, -0.25) is 9.52 Å². The number of hydrogen-bond donors (Lipinski definition) is 2. The average Bonchev–Trinajstić information content (AvgIpc) is 2.65. The summed E-state index contributed by atoms with van der Waals surface area (Å²) in [4.78, 5) is 12.1. The van der Waals surface area contributed by atoms with Crippen molar-refractivity contribution < 1.29 is 22.0 Å². The van der Waals surface area contributed by atoms with E-state index in [1.165, 1.54) is 18.2 Å². The van der Waals surface area contributed by atoms with Crippen LogP contribution in [-0.2, 0) is 10.0 Å². The Labute approximate surface area is 165 Å². The predicted octanol–water partition coefficient (Wildman–Crippen LogP) is 4.67. The first-order valence-corrected chi connectivity index (χ1v) is 9.76. The van der Waals surface area contributed by atoms with Gasteiger partial charge in [0, 0.05) is 23.0 Å². The van der Waals surface area contributed by atoms with Crippen molar-refractivity contribution in [3.63, 3.8) is 0 Å². The molecule has 28 heavy (non-hydrogen) atoms. The SMILES string of the molecule is O=C(Nc1ccc(F)c(F)c1)c1ccc(Cl)c(S(=O)(=O)Nc2ccccc2)c1. The highest BCUT2D eigenvalue weighted by atomic mass is 35.5. The molecule has 0 radical (unpaired) electrons. The fourth-order valence-electron chi connectivity index (χ4n) is 2.34. The maximum atomic E-state index is 13.3. The summed E-state index contributed by atoms with van der Waals surface area (Å²) < 4.78 is 53.9. The molecule has 0 aromatic heterocycles. The highest BCUT2D eigenvalue weighted by Gasteiger charge is 2.20. The van der Waals surface area contributed by atoms with Gasteiger partial charge in [0.05, 0.1) is 5.02 Å². The lowest BCUT2D eigenvalue weighted by atomic mass is 10.2. The highest BCUT2D eigenvalue weighted by Crippen LogP contribution is 2.25. The average molecular weight is 423 g/mol. The van der Waals surface area contributed by atoms with Crippen LogP contribution < -0.4 is 10.0 Å². The Hall–Kier alpha value is -2.97. The first kappa shape index (κ1) is 19.8. The highest BCUT2D eigenvalue weighted by molar-refractivity contribution is 7.92. The van der Waals surface area contributed by atoms with Gasteiger partial charge < -0.3 is 5.32 Å². The standard InChI is InChI=1S/C19H13ClF2N2O3S/c20-15-8-6-12(19(25)23-14-7-9-16(21)17(22)11-14)10-18(15)28(26,27)24-13-4-2-1-3-5-13/h1-11,24H,(H,23,25). The molecule has 0 spiro atoms. The minimum atomic E-state index is -4.06. The second-order valence-electron chi connectivity index (χ2n) is 5.70. The Bertz CT molecular complexity index is 1140. The third kappa shape index (κ3) is 4.47. The van der Waals surface area contributed by atoms with Crippen LogP contribution in [0.1, 0.15) is 10.4 Å². The summed E-state index contributed by atoms with van der Waals surface area (Å²) >= 11 is 6.01. The molecule has 0 aliphatic rings. The topological polar surface area (TPSA) is 75.3 Å². The van der Waals surface area contributed by atoms with Crippen LogP contribution in [-0.4, -0.2) is 14.3 Å². The third-order valence-electron chi connectivity index (χ3n) is 3.69. The Morgan fingerprint density at radius 3 is 2.25 bits per heavy atom. The first-order valence-electron chi connectivity index (χ1n) is 7.90. The number of hydrogen-bond acceptors (Lipinski definition) is 3. The molecule has 0 aliphatic carbocycles. The van der Waals surface area contributed by atoms with Gasteiger partial charge in [0.25, 0.3) is 15.9 Å². The van der Waals surface area contributed by atoms with Crippen LogP contribution in [0.15, 0.2) is 71.6 Å². The second kappa shape index (κ2) is 7.95. The van der Waals surface area contributed by atoms with Crippen molar-refractivity contribution in [3.8, 4) is 0 Å². The molecule has 0 saturated carbocycles. The Balaban J connectivity index is 1.88. The number of amides is 1. The van der Waals surface area contributed by atoms with Crippen LogP contribution in [0.3, 0.4) is 0 Å². The number of sulfonamides is 1. The number of anilines is 2. The van der Waals surface area contributed by atoms with Crippen LogP contribution in [0.4, 0.5) is 20.2 Å². The van der Waals surface area contributed by atoms with Crippen LogP contribution in [0, 0.1) is 11.6 Å². The van der Waals surface area contributed by atoms with E-state index in [-0.39, 0.29) is 21.2 Å². The van der Waals surface area contributed by atoms with Gasteiger partial charge in [-0.1, -0.05) is 29.8 Å². The van der Waals surface area contributed by atoms with Crippen molar-refractivity contribution in [2.75, 3.05) is 10.0 Å². The van der Waals surface area contributed by atoms with E-state index < -0.39 is 27.6 Å². The zero-order valence-electron chi connectivity index (χ0n) is 14.1. The lowest BCUT2D eigenvalue weighted by Gasteiger charge is -2.11. The minimum absolute atomic E-state index is 0.0191. The number of halogens is 3. The van der Waals surface area contributed by atoms with Gasteiger partial charge in [0.1, 0.15) is 4.90 Å². The van der Waals surface area contributed by atoms with E-state index in [9.17, 15) is 22.0 Å². The van der Waals surface area contributed by atoms with E-state index >= 15 is 0 Å².